The molecule has 0 aromatic carbocycles. The zero-order valence-corrected chi connectivity index (χ0v) is 9.02. The summed E-state index contributed by atoms with van der Waals surface area (Å²) in [5, 5.41) is 0. The molecule has 6 heteroatoms. The molecule has 0 radical (unpaired) electrons. The predicted molar refractivity (Wildman–Crippen MR) is 51.8 cm³/mol. The lowest BCUT2D eigenvalue weighted by Gasteiger charge is -2.11. The van der Waals surface area contributed by atoms with Crippen LogP contribution < -0.4 is 5.90 Å². The van der Waals surface area contributed by atoms with E-state index in [1.54, 1.807) is 13.8 Å². The molecule has 0 spiro atoms. The smallest absolute Gasteiger partial charge is 0.332 e. The van der Waals surface area contributed by atoms with E-state index < -0.39 is 12.1 Å². The number of ether oxygens (including phenoxy) is 2. The molecule has 0 fully saturated rings. The van der Waals surface area contributed by atoms with Gasteiger partial charge >= 0.3 is 5.97 Å². The maximum Gasteiger partial charge on any atom is 0.332 e. The van der Waals surface area contributed by atoms with Crippen molar-refractivity contribution in [3.8, 4) is 0 Å². The molecular formula is C9H17NO5. The standard InChI is InChI=1S/C9H17NO5/c1-3-13-6-9(12)15-7(2)4-8(11)5-14-10/h7H,3-6,10H2,1-2H3. The highest BCUT2D eigenvalue weighted by atomic mass is 16.6. The molecule has 0 saturated carbocycles. The van der Waals surface area contributed by atoms with Gasteiger partial charge in [0, 0.05) is 13.0 Å². The molecule has 0 aromatic rings. The van der Waals surface area contributed by atoms with E-state index in [9.17, 15) is 9.59 Å². The van der Waals surface area contributed by atoms with Gasteiger partial charge in [0.1, 0.15) is 19.3 Å². The zero-order chi connectivity index (χ0) is 11.7. The van der Waals surface area contributed by atoms with E-state index in [2.05, 4.69) is 4.84 Å². The van der Waals surface area contributed by atoms with Crippen molar-refractivity contribution in [2.75, 3.05) is 19.8 Å². The van der Waals surface area contributed by atoms with E-state index in [4.69, 9.17) is 15.4 Å². The van der Waals surface area contributed by atoms with E-state index >= 15 is 0 Å². The first-order chi connectivity index (χ1) is 7.10. The number of hydrogen-bond acceptors (Lipinski definition) is 6. The van der Waals surface area contributed by atoms with Crippen LogP contribution in [-0.4, -0.2) is 37.7 Å². The first kappa shape index (κ1) is 14.0. The summed E-state index contributed by atoms with van der Waals surface area (Å²) >= 11 is 0. The largest absolute Gasteiger partial charge is 0.460 e. The zero-order valence-electron chi connectivity index (χ0n) is 9.02. The third-order valence-corrected chi connectivity index (χ3v) is 1.52. The molecule has 0 aliphatic heterocycles. The number of carbonyl (C=O) groups is 2. The topological polar surface area (TPSA) is 87.8 Å². The third-order valence-electron chi connectivity index (χ3n) is 1.52. The molecule has 1 unspecified atom stereocenters. The molecule has 0 heterocycles. The Kier molecular flexibility index (Phi) is 7.79. The van der Waals surface area contributed by atoms with Crippen molar-refractivity contribution in [2.45, 2.75) is 26.4 Å². The molecule has 0 saturated heterocycles. The average Bonchev–Trinajstić information content (AvgIpc) is 2.14. The molecule has 0 aromatic heterocycles. The van der Waals surface area contributed by atoms with E-state index in [1.807, 2.05) is 0 Å². The Morgan fingerprint density at radius 2 is 2.00 bits per heavy atom. The summed E-state index contributed by atoms with van der Waals surface area (Å²) < 4.78 is 9.73. The van der Waals surface area contributed by atoms with E-state index in [-0.39, 0.29) is 25.4 Å². The first-order valence-corrected chi connectivity index (χ1v) is 4.70. The van der Waals surface area contributed by atoms with Crippen LogP contribution in [0.25, 0.3) is 0 Å². The molecule has 0 amide bonds. The number of ketones is 1. The molecule has 0 aliphatic carbocycles. The minimum absolute atomic E-state index is 0.0923. The molecule has 0 rings (SSSR count). The Hall–Kier alpha value is -0.980. The second-order valence-electron chi connectivity index (χ2n) is 2.99. The molecule has 0 bridgehead atoms. The van der Waals surface area contributed by atoms with Crippen LogP contribution in [0.5, 0.6) is 0 Å². The van der Waals surface area contributed by atoms with Gasteiger partial charge < -0.3 is 9.47 Å². The van der Waals surface area contributed by atoms with Crippen LogP contribution in [0.15, 0.2) is 0 Å². The van der Waals surface area contributed by atoms with Gasteiger partial charge in [-0.1, -0.05) is 0 Å². The molecule has 6 nitrogen and oxygen atoms in total. The summed E-state index contributed by atoms with van der Waals surface area (Å²) in [6, 6.07) is 0. The Morgan fingerprint density at radius 3 is 2.53 bits per heavy atom. The van der Waals surface area contributed by atoms with Crippen LogP contribution in [-0.2, 0) is 23.9 Å². The molecule has 1 atom stereocenters. The number of nitrogens with two attached hydrogens (primary N) is 1. The van der Waals surface area contributed by atoms with Gasteiger partial charge in [0.25, 0.3) is 0 Å². The van der Waals surface area contributed by atoms with Gasteiger partial charge in [-0.25, -0.2) is 10.7 Å². The van der Waals surface area contributed by atoms with Gasteiger partial charge in [-0.05, 0) is 13.8 Å². The Labute approximate surface area is 88.6 Å². The predicted octanol–water partition coefficient (Wildman–Crippen LogP) is -0.196. The second-order valence-corrected chi connectivity index (χ2v) is 2.99. The lowest BCUT2D eigenvalue weighted by molar-refractivity contribution is -0.154. The fourth-order valence-electron chi connectivity index (χ4n) is 0.958. The Morgan fingerprint density at radius 1 is 1.33 bits per heavy atom. The normalized spacial score (nSPS) is 12.2. The van der Waals surface area contributed by atoms with Gasteiger partial charge in [-0.3, -0.25) is 9.63 Å². The van der Waals surface area contributed by atoms with Crippen molar-refractivity contribution in [1.29, 1.82) is 0 Å². The van der Waals surface area contributed by atoms with Crippen molar-refractivity contribution in [1.82, 2.24) is 0 Å². The van der Waals surface area contributed by atoms with Crippen LogP contribution in [0.3, 0.4) is 0 Å². The lowest BCUT2D eigenvalue weighted by Crippen LogP contribution is -2.24. The summed E-state index contributed by atoms with van der Waals surface area (Å²) in [4.78, 5) is 26.2. The Balaban J connectivity index is 3.67. The second kappa shape index (κ2) is 8.34. The van der Waals surface area contributed by atoms with Crippen molar-refractivity contribution in [2.24, 2.45) is 5.90 Å². The third kappa shape index (κ3) is 8.04. The Bertz CT molecular complexity index is 207. The number of esters is 1. The van der Waals surface area contributed by atoms with E-state index in [0.717, 1.165) is 0 Å². The summed E-state index contributed by atoms with van der Waals surface area (Å²) in [5.41, 5.74) is 0. The van der Waals surface area contributed by atoms with Crippen LogP contribution in [0, 0.1) is 0 Å². The maximum atomic E-state index is 11.0. The fourth-order valence-corrected chi connectivity index (χ4v) is 0.958. The van der Waals surface area contributed by atoms with Crippen molar-refractivity contribution >= 4 is 11.8 Å². The molecular weight excluding hydrogens is 202 g/mol. The highest BCUT2D eigenvalue weighted by molar-refractivity contribution is 5.80. The summed E-state index contributed by atoms with van der Waals surface area (Å²) in [6.45, 7) is 3.58. The number of Topliss-reactive ketones (excluding diaryl/α,β-unsaturated/α-hetero) is 1. The van der Waals surface area contributed by atoms with Crippen LogP contribution in [0.2, 0.25) is 0 Å². The highest BCUT2D eigenvalue weighted by Crippen LogP contribution is 1.99. The highest BCUT2D eigenvalue weighted by Gasteiger charge is 2.13. The minimum Gasteiger partial charge on any atom is -0.460 e. The maximum absolute atomic E-state index is 11.0. The van der Waals surface area contributed by atoms with Crippen LogP contribution in [0.4, 0.5) is 0 Å². The van der Waals surface area contributed by atoms with Gasteiger partial charge in [0.2, 0.25) is 0 Å². The molecule has 0 aliphatic rings. The van der Waals surface area contributed by atoms with Crippen LogP contribution >= 0.6 is 0 Å². The van der Waals surface area contributed by atoms with Gasteiger partial charge in [0.15, 0.2) is 5.78 Å². The summed E-state index contributed by atoms with van der Waals surface area (Å²) in [5.74, 6) is 4.03. The van der Waals surface area contributed by atoms with Crippen molar-refractivity contribution in [3.05, 3.63) is 0 Å². The number of rotatable bonds is 8. The van der Waals surface area contributed by atoms with E-state index in [1.165, 1.54) is 0 Å². The molecule has 15 heavy (non-hydrogen) atoms. The lowest BCUT2D eigenvalue weighted by atomic mass is 10.2. The summed E-state index contributed by atoms with van der Waals surface area (Å²) in [7, 11) is 0. The number of hydrogen-bond donors (Lipinski definition) is 1. The minimum atomic E-state index is -0.486. The SMILES string of the molecule is CCOCC(=O)OC(C)CC(=O)CON. The van der Waals surface area contributed by atoms with Gasteiger partial charge in [0.05, 0.1) is 0 Å². The van der Waals surface area contributed by atoms with Crippen LogP contribution in [0.1, 0.15) is 20.3 Å². The monoisotopic (exact) mass is 219 g/mol. The molecule has 2 N–H and O–H groups in total. The first-order valence-electron chi connectivity index (χ1n) is 4.70. The summed E-state index contributed by atoms with van der Waals surface area (Å²) in [6.07, 6.45) is -0.393. The average molecular weight is 219 g/mol. The van der Waals surface area contributed by atoms with E-state index in [0.29, 0.717) is 6.61 Å². The van der Waals surface area contributed by atoms with Gasteiger partial charge in [-0.15, -0.1) is 0 Å². The fraction of sp³-hybridized carbons (Fsp3) is 0.778. The quantitative estimate of drug-likeness (QED) is 0.449. The van der Waals surface area contributed by atoms with Crippen molar-refractivity contribution < 1.29 is 23.9 Å². The van der Waals surface area contributed by atoms with Gasteiger partial charge in [-0.2, -0.15) is 0 Å². The number of carbonyl (C=O) groups excluding carboxylic acids is 2. The van der Waals surface area contributed by atoms with Crippen molar-refractivity contribution in [3.63, 3.8) is 0 Å². The molecule has 88 valence electrons.